The lowest BCUT2D eigenvalue weighted by atomic mass is 9.73. The average Bonchev–Trinajstić information content (AvgIpc) is 2.27. The van der Waals surface area contributed by atoms with Crippen molar-refractivity contribution in [2.75, 3.05) is 18.8 Å². The second-order valence-electron chi connectivity index (χ2n) is 5.56. The molecule has 1 aliphatic heterocycles. The molecule has 1 aromatic rings. The molecule has 0 atom stereocenters. The van der Waals surface area contributed by atoms with Crippen LogP contribution in [0.4, 0.5) is 0 Å². The molecule has 0 aliphatic carbocycles. The minimum Gasteiger partial charge on any atom is -0.315 e. The Morgan fingerprint density at radius 3 is 2.53 bits per heavy atom. The normalized spacial score (nSPS) is 18.3. The van der Waals surface area contributed by atoms with Crippen molar-refractivity contribution in [3.8, 4) is 0 Å². The number of sulfone groups is 1. The zero-order valence-corrected chi connectivity index (χ0v) is 12.9. The molecule has 0 radical (unpaired) electrons. The summed E-state index contributed by atoms with van der Waals surface area (Å²) in [4.78, 5) is 0. The third kappa shape index (κ3) is 3.12. The molecule has 106 valence electrons. The van der Waals surface area contributed by atoms with Gasteiger partial charge < -0.3 is 5.32 Å². The third-order valence-corrected chi connectivity index (χ3v) is 6.39. The van der Waals surface area contributed by atoms with E-state index in [9.17, 15) is 8.42 Å². The Kier molecular flexibility index (Phi) is 4.23. The van der Waals surface area contributed by atoms with Crippen LogP contribution < -0.4 is 5.32 Å². The van der Waals surface area contributed by atoms with Crippen molar-refractivity contribution >= 4 is 21.4 Å². The number of hydrogen-bond donors (Lipinski definition) is 1. The largest absolute Gasteiger partial charge is 0.315 e. The van der Waals surface area contributed by atoms with Crippen molar-refractivity contribution in [2.45, 2.75) is 30.9 Å². The third-order valence-electron chi connectivity index (χ3n) is 3.95. The Balaban J connectivity index is 2.16. The van der Waals surface area contributed by atoms with Crippen LogP contribution in [0.1, 0.15) is 25.8 Å². The van der Waals surface area contributed by atoms with Gasteiger partial charge in [0.05, 0.1) is 11.0 Å². The summed E-state index contributed by atoms with van der Waals surface area (Å²) in [6.45, 7) is 5.11. The average molecular weight is 302 g/mol. The first-order valence-electron chi connectivity index (χ1n) is 6.54. The predicted molar refractivity (Wildman–Crippen MR) is 79.5 cm³/mol. The van der Waals surface area contributed by atoms with Crippen LogP contribution in [0, 0.1) is 0 Å². The highest BCUT2D eigenvalue weighted by Gasteiger charge is 2.39. The molecule has 1 fully saturated rings. The molecule has 0 aromatic heterocycles. The molecule has 0 spiro atoms. The molecular formula is C14H20ClNO2S. The molecule has 1 heterocycles. The molecule has 0 amide bonds. The molecule has 0 bridgehead atoms. The van der Waals surface area contributed by atoms with E-state index in [-0.39, 0.29) is 16.4 Å². The number of hydrogen-bond acceptors (Lipinski definition) is 3. The highest BCUT2D eigenvalue weighted by molar-refractivity contribution is 7.91. The van der Waals surface area contributed by atoms with E-state index in [0.717, 1.165) is 18.7 Å². The lowest BCUT2D eigenvalue weighted by Gasteiger charge is -2.43. The Labute approximate surface area is 120 Å². The van der Waals surface area contributed by atoms with E-state index in [1.807, 2.05) is 24.3 Å². The zero-order chi connectivity index (χ0) is 14.1. The minimum atomic E-state index is -2.99. The van der Waals surface area contributed by atoms with Gasteiger partial charge in [0.25, 0.3) is 0 Å². The van der Waals surface area contributed by atoms with E-state index in [1.54, 1.807) is 13.8 Å². The van der Waals surface area contributed by atoms with E-state index >= 15 is 0 Å². The summed E-state index contributed by atoms with van der Waals surface area (Å²) >= 11 is 6.03. The first kappa shape index (κ1) is 14.8. The van der Waals surface area contributed by atoms with Gasteiger partial charge in [-0.05, 0) is 38.0 Å². The van der Waals surface area contributed by atoms with Crippen LogP contribution in [0.5, 0.6) is 0 Å². The topological polar surface area (TPSA) is 46.2 Å². The van der Waals surface area contributed by atoms with Crippen molar-refractivity contribution < 1.29 is 8.42 Å². The maximum absolute atomic E-state index is 12.0. The van der Waals surface area contributed by atoms with Crippen LogP contribution in [0.15, 0.2) is 24.3 Å². The molecular weight excluding hydrogens is 282 g/mol. The number of halogens is 1. The molecule has 5 heteroatoms. The van der Waals surface area contributed by atoms with Crippen LogP contribution >= 0.6 is 11.6 Å². The van der Waals surface area contributed by atoms with Crippen molar-refractivity contribution in [1.82, 2.24) is 5.32 Å². The molecule has 3 nitrogen and oxygen atoms in total. The highest BCUT2D eigenvalue weighted by atomic mass is 35.5. The Hall–Kier alpha value is -0.580. The van der Waals surface area contributed by atoms with E-state index in [1.165, 1.54) is 0 Å². The van der Waals surface area contributed by atoms with Gasteiger partial charge in [-0.3, -0.25) is 0 Å². The summed E-state index contributed by atoms with van der Waals surface area (Å²) in [5, 5.41) is 3.64. The van der Waals surface area contributed by atoms with E-state index in [0.29, 0.717) is 11.4 Å². The Bertz CT molecular complexity index is 550. The van der Waals surface area contributed by atoms with Crippen molar-refractivity contribution in [1.29, 1.82) is 0 Å². The van der Waals surface area contributed by atoms with Gasteiger partial charge in [-0.1, -0.05) is 23.7 Å². The van der Waals surface area contributed by atoms with Gasteiger partial charge in [0.15, 0.2) is 9.84 Å². The van der Waals surface area contributed by atoms with Gasteiger partial charge in [0.2, 0.25) is 0 Å². The number of nitrogens with one attached hydrogen (secondary N) is 1. The first-order valence-corrected chi connectivity index (χ1v) is 8.63. The summed E-state index contributed by atoms with van der Waals surface area (Å²) in [6, 6.07) is 7.75. The van der Waals surface area contributed by atoms with Gasteiger partial charge in [-0.15, -0.1) is 0 Å². The fraction of sp³-hybridized carbons (Fsp3) is 0.571. The summed E-state index contributed by atoms with van der Waals surface area (Å²) in [7, 11) is -2.99. The maximum atomic E-state index is 12.0. The molecule has 1 saturated heterocycles. The number of benzene rings is 1. The molecule has 0 unspecified atom stereocenters. The molecule has 2 rings (SSSR count). The lowest BCUT2D eigenvalue weighted by molar-refractivity contribution is 0.268. The van der Waals surface area contributed by atoms with Crippen LogP contribution in [-0.2, 0) is 15.3 Å². The van der Waals surface area contributed by atoms with Crippen LogP contribution in [0.2, 0.25) is 5.02 Å². The van der Waals surface area contributed by atoms with E-state index in [4.69, 9.17) is 11.6 Å². The summed E-state index contributed by atoms with van der Waals surface area (Å²) < 4.78 is 23.9. The van der Waals surface area contributed by atoms with Crippen molar-refractivity contribution in [2.24, 2.45) is 0 Å². The standard InChI is InChI=1S/C14H20ClNO2S/c1-11(2)19(17,18)7-6-14(9-16-10-14)12-4-3-5-13(15)8-12/h3-5,8,11,16H,6-7,9-10H2,1-2H3. The summed E-state index contributed by atoms with van der Waals surface area (Å²) in [5.41, 5.74) is 1.06. The van der Waals surface area contributed by atoms with Gasteiger partial charge in [0.1, 0.15) is 0 Å². The summed E-state index contributed by atoms with van der Waals surface area (Å²) in [6.07, 6.45) is 0.654. The Morgan fingerprint density at radius 1 is 1.37 bits per heavy atom. The predicted octanol–water partition coefficient (Wildman–Crippen LogP) is 2.39. The molecule has 19 heavy (non-hydrogen) atoms. The van der Waals surface area contributed by atoms with Gasteiger partial charge >= 0.3 is 0 Å². The fourth-order valence-electron chi connectivity index (χ4n) is 2.34. The lowest BCUT2D eigenvalue weighted by Crippen LogP contribution is -2.57. The highest BCUT2D eigenvalue weighted by Crippen LogP contribution is 2.34. The molecule has 1 N–H and O–H groups in total. The monoisotopic (exact) mass is 301 g/mol. The van der Waals surface area contributed by atoms with Crippen molar-refractivity contribution in [3.05, 3.63) is 34.9 Å². The van der Waals surface area contributed by atoms with Gasteiger partial charge in [-0.2, -0.15) is 0 Å². The SMILES string of the molecule is CC(C)S(=O)(=O)CCC1(c2cccc(Cl)c2)CNC1. The molecule has 0 saturated carbocycles. The van der Waals surface area contributed by atoms with E-state index in [2.05, 4.69) is 5.32 Å². The maximum Gasteiger partial charge on any atom is 0.152 e. The first-order chi connectivity index (χ1) is 8.86. The van der Waals surface area contributed by atoms with Crippen LogP contribution in [0.25, 0.3) is 0 Å². The van der Waals surface area contributed by atoms with Gasteiger partial charge in [0, 0.05) is 23.5 Å². The molecule has 1 aromatic carbocycles. The Morgan fingerprint density at radius 2 is 2.05 bits per heavy atom. The number of rotatable bonds is 5. The van der Waals surface area contributed by atoms with E-state index < -0.39 is 9.84 Å². The zero-order valence-electron chi connectivity index (χ0n) is 11.3. The fourth-order valence-corrected chi connectivity index (χ4v) is 3.68. The van der Waals surface area contributed by atoms with Gasteiger partial charge in [-0.25, -0.2) is 8.42 Å². The smallest absolute Gasteiger partial charge is 0.152 e. The van der Waals surface area contributed by atoms with Crippen molar-refractivity contribution in [3.63, 3.8) is 0 Å². The van der Waals surface area contributed by atoms with Crippen LogP contribution in [0.3, 0.4) is 0 Å². The second kappa shape index (κ2) is 5.43. The minimum absolute atomic E-state index is 0.0765. The quantitative estimate of drug-likeness (QED) is 0.908. The van der Waals surface area contributed by atoms with Crippen LogP contribution in [-0.4, -0.2) is 32.5 Å². The summed E-state index contributed by atoms with van der Waals surface area (Å²) in [5.74, 6) is 0.235. The second-order valence-corrected chi connectivity index (χ2v) is 8.67. The molecule has 1 aliphatic rings.